The average Bonchev–Trinajstić information content (AvgIpc) is 3.99. The van der Waals surface area contributed by atoms with Crippen LogP contribution in [0.5, 0.6) is 0 Å². The van der Waals surface area contributed by atoms with Crippen molar-refractivity contribution in [1.29, 1.82) is 0 Å². The Morgan fingerprint density at radius 2 is 1.13 bits per heavy atom. The fourth-order valence-electron chi connectivity index (χ4n) is 8.82. The van der Waals surface area contributed by atoms with Crippen LogP contribution in [0.4, 0.5) is 17.6 Å². The Morgan fingerprint density at radius 1 is 0.618 bits per heavy atom. The van der Waals surface area contributed by atoms with Crippen molar-refractivity contribution in [2.45, 2.75) is 162 Å². The first kappa shape index (κ1) is 55.9. The van der Waals surface area contributed by atoms with Gasteiger partial charge in [-0.15, -0.1) is 0 Å². The number of nitrogens with zero attached hydrogens (tertiary/aromatic N) is 2. The van der Waals surface area contributed by atoms with E-state index in [1.54, 1.807) is 94.1 Å². The van der Waals surface area contributed by atoms with Crippen LogP contribution in [-0.2, 0) is 43.6 Å². The number of rotatable bonds is 24. The highest BCUT2D eigenvalue weighted by atomic mass is 19.3. The maximum absolute atomic E-state index is 15.7. The van der Waals surface area contributed by atoms with Crippen LogP contribution < -0.4 is 26.6 Å². The second-order valence-electron chi connectivity index (χ2n) is 19.9. The van der Waals surface area contributed by atoms with Crippen LogP contribution in [0.25, 0.3) is 0 Å². The third-order valence-corrected chi connectivity index (χ3v) is 13.5. The van der Waals surface area contributed by atoms with Crippen LogP contribution in [-0.4, -0.2) is 123 Å². The molecule has 0 aliphatic carbocycles. The van der Waals surface area contributed by atoms with Gasteiger partial charge in [0.1, 0.15) is 18.2 Å². The Bertz CT molecular complexity index is 1990. The van der Waals surface area contributed by atoms with Crippen molar-refractivity contribution >= 4 is 29.5 Å². The predicted octanol–water partition coefficient (Wildman–Crippen LogP) is 4.75. The van der Waals surface area contributed by atoms with E-state index in [0.717, 1.165) is 0 Å². The molecule has 380 valence electrons. The molecule has 2 saturated heterocycles. The topological polar surface area (TPSA) is 192 Å². The molecule has 8 unspecified atom stereocenters. The van der Waals surface area contributed by atoms with Crippen LogP contribution in [0.2, 0.25) is 0 Å². The molecule has 0 saturated carbocycles. The van der Waals surface area contributed by atoms with Crippen LogP contribution in [0, 0.1) is 29.6 Å². The molecule has 0 aromatic heterocycles. The van der Waals surface area contributed by atoms with Gasteiger partial charge < -0.3 is 46.6 Å². The summed E-state index contributed by atoms with van der Waals surface area (Å²) in [5.41, 5.74) is 1.79. The second-order valence-corrected chi connectivity index (χ2v) is 19.9. The molecule has 2 fully saturated rings. The average molecular weight is 962 g/mol. The van der Waals surface area contributed by atoms with Gasteiger partial charge in [-0.3, -0.25) is 24.0 Å². The number of nitrogens with one attached hydrogen (secondary N) is 5. The van der Waals surface area contributed by atoms with Crippen LogP contribution in [0.15, 0.2) is 54.6 Å². The molecule has 7 N–H and O–H groups in total. The molecule has 0 radical (unpaired) electrons. The summed E-state index contributed by atoms with van der Waals surface area (Å²) in [4.78, 5) is 69.4. The standard InChI is InChI=1S/C50H75F4N7O7/c1-29(2)33(9)45(65)61-23-15-21-38(61)44(64)59-40(31(5)6)43(63)50(53,54)48(68)58-27-36-19-13-18-35(24-36)26-55-41(32(7)8)46(66)60-22-14-20-37(60)28-56-39(30(3)4)42(62)49(51,52)47(67)57-25-34-16-11-10-12-17-34/h10-13,16-19,24,29-33,37-43,55-56,62-63H,14-15,20-23,25-28H2,1-9H3,(H,57,67)(H,58,68)(H,59,64). The number of aliphatic hydroxyl groups excluding tert-OH is 2. The number of carbonyl (C=O) groups excluding carboxylic acids is 5. The van der Waals surface area contributed by atoms with E-state index in [2.05, 4.69) is 26.6 Å². The molecule has 5 amide bonds. The maximum atomic E-state index is 15.7. The van der Waals surface area contributed by atoms with Gasteiger partial charge in [0, 0.05) is 57.3 Å². The number of aliphatic hydroxyl groups is 2. The second kappa shape index (κ2) is 24.8. The highest BCUT2D eigenvalue weighted by molar-refractivity contribution is 5.90. The molecule has 68 heavy (non-hydrogen) atoms. The van der Waals surface area contributed by atoms with Gasteiger partial charge in [-0.05, 0) is 66.0 Å². The molecule has 4 rings (SSSR count). The first-order chi connectivity index (χ1) is 31.9. The quantitative estimate of drug-likeness (QED) is 0.0728. The number of benzene rings is 2. The van der Waals surface area contributed by atoms with Crippen molar-refractivity contribution in [2.75, 3.05) is 19.6 Å². The van der Waals surface area contributed by atoms with Gasteiger partial charge in [-0.25, -0.2) is 0 Å². The zero-order valence-electron chi connectivity index (χ0n) is 41.0. The predicted molar refractivity (Wildman–Crippen MR) is 251 cm³/mol. The molecule has 0 bridgehead atoms. The summed E-state index contributed by atoms with van der Waals surface area (Å²) in [5.74, 6) is -14.5. The lowest BCUT2D eigenvalue weighted by Crippen LogP contribution is -2.61. The van der Waals surface area contributed by atoms with E-state index < -0.39 is 77.8 Å². The van der Waals surface area contributed by atoms with E-state index in [1.165, 1.54) is 4.90 Å². The number of likely N-dealkylation sites (tertiary alicyclic amines) is 2. The SMILES string of the molecule is CC(C)C(C)C(=O)N1CCCC1C(=O)NC(C(C)C)C(O)C(F)(F)C(=O)NCc1cccc(CNC(C(=O)N2CCCC2CNC(C(C)C)C(O)C(F)(F)C(=O)NCc2ccccc2)C(C)C)c1. The fourth-order valence-corrected chi connectivity index (χ4v) is 8.82. The summed E-state index contributed by atoms with van der Waals surface area (Å²) in [7, 11) is 0. The Kier molecular flexibility index (Phi) is 20.4. The summed E-state index contributed by atoms with van der Waals surface area (Å²) in [6, 6.07) is 10.8. The summed E-state index contributed by atoms with van der Waals surface area (Å²) >= 11 is 0. The van der Waals surface area contributed by atoms with Gasteiger partial charge in [-0.1, -0.05) is 117 Å². The van der Waals surface area contributed by atoms with E-state index in [1.807, 2.05) is 27.7 Å². The van der Waals surface area contributed by atoms with Gasteiger partial charge in [0.15, 0.2) is 0 Å². The van der Waals surface area contributed by atoms with Crippen molar-refractivity contribution in [3.8, 4) is 0 Å². The molecule has 14 nitrogen and oxygen atoms in total. The van der Waals surface area contributed by atoms with E-state index >= 15 is 17.6 Å². The molecule has 2 aliphatic heterocycles. The van der Waals surface area contributed by atoms with Crippen molar-refractivity contribution in [2.24, 2.45) is 29.6 Å². The van der Waals surface area contributed by atoms with E-state index in [0.29, 0.717) is 55.5 Å². The van der Waals surface area contributed by atoms with Crippen molar-refractivity contribution < 1.29 is 51.7 Å². The molecular weight excluding hydrogens is 887 g/mol. The third kappa shape index (κ3) is 14.2. The fraction of sp³-hybridized carbons (Fsp3) is 0.660. The van der Waals surface area contributed by atoms with Gasteiger partial charge in [0.05, 0.1) is 12.1 Å². The van der Waals surface area contributed by atoms with Gasteiger partial charge in [0.25, 0.3) is 11.8 Å². The monoisotopic (exact) mass is 962 g/mol. The molecule has 2 aliphatic rings. The molecule has 8 atom stereocenters. The normalized spacial score (nSPS) is 19.5. The zero-order chi connectivity index (χ0) is 50.7. The maximum Gasteiger partial charge on any atom is 0.351 e. The number of amides is 5. The first-order valence-electron chi connectivity index (χ1n) is 24.1. The number of hydrogen-bond donors (Lipinski definition) is 7. The Balaban J connectivity index is 1.33. The van der Waals surface area contributed by atoms with E-state index in [9.17, 15) is 34.2 Å². The lowest BCUT2D eigenvalue weighted by Gasteiger charge is -2.35. The van der Waals surface area contributed by atoms with E-state index in [-0.39, 0.29) is 61.8 Å². The van der Waals surface area contributed by atoms with Crippen molar-refractivity contribution in [3.63, 3.8) is 0 Å². The van der Waals surface area contributed by atoms with Crippen LogP contribution in [0.1, 0.15) is 105 Å². The zero-order valence-corrected chi connectivity index (χ0v) is 41.0. The smallest absolute Gasteiger partial charge is 0.351 e. The molecule has 2 aromatic rings. The lowest BCUT2D eigenvalue weighted by molar-refractivity contribution is -0.170. The minimum atomic E-state index is -4.30. The molecule has 2 aromatic carbocycles. The highest BCUT2D eigenvalue weighted by Crippen LogP contribution is 2.29. The largest absolute Gasteiger partial charge is 0.385 e. The van der Waals surface area contributed by atoms with Crippen LogP contribution in [0.3, 0.4) is 0 Å². The number of hydrogen-bond acceptors (Lipinski definition) is 9. The molecule has 0 spiro atoms. The van der Waals surface area contributed by atoms with Crippen LogP contribution >= 0.6 is 0 Å². The Morgan fingerprint density at radius 3 is 1.69 bits per heavy atom. The van der Waals surface area contributed by atoms with Crippen molar-refractivity contribution in [1.82, 2.24) is 36.4 Å². The minimum Gasteiger partial charge on any atom is -0.385 e. The number of halogens is 4. The number of alkyl halides is 4. The van der Waals surface area contributed by atoms with Gasteiger partial charge in [-0.2, -0.15) is 17.6 Å². The first-order valence-corrected chi connectivity index (χ1v) is 24.1. The third-order valence-electron chi connectivity index (χ3n) is 13.5. The summed E-state index contributed by atoms with van der Waals surface area (Å²) < 4.78 is 62.1. The van der Waals surface area contributed by atoms with Crippen molar-refractivity contribution in [3.05, 3.63) is 71.3 Å². The Hall–Kier alpha value is -4.65. The molecule has 2 heterocycles. The van der Waals surface area contributed by atoms with E-state index in [4.69, 9.17) is 0 Å². The molecule has 18 heteroatoms. The van der Waals surface area contributed by atoms with Gasteiger partial charge in [0.2, 0.25) is 17.7 Å². The van der Waals surface area contributed by atoms with Gasteiger partial charge >= 0.3 is 11.8 Å². The number of carbonyl (C=O) groups is 5. The minimum absolute atomic E-state index is 0.0310. The summed E-state index contributed by atoms with van der Waals surface area (Å²) in [6.07, 6.45) is -2.74. The highest BCUT2D eigenvalue weighted by Gasteiger charge is 2.53. The summed E-state index contributed by atoms with van der Waals surface area (Å²) in [6.45, 7) is 16.4. The lowest BCUT2D eigenvalue weighted by atomic mass is 9.93. The summed E-state index contributed by atoms with van der Waals surface area (Å²) in [5, 5.41) is 35.1. The molecular formula is C50H75F4N7O7. The Labute approximate surface area is 399 Å².